The molecule has 5 aromatic carbocycles. The molecule has 0 heterocycles. The van der Waals surface area contributed by atoms with Gasteiger partial charge in [-0.3, -0.25) is 0 Å². The first-order chi connectivity index (χ1) is 16.4. The summed E-state index contributed by atoms with van der Waals surface area (Å²) >= 11 is 0. The second kappa shape index (κ2) is 9.84. The lowest BCUT2D eigenvalue weighted by molar-refractivity contribution is 0.482. The van der Waals surface area contributed by atoms with Crippen molar-refractivity contribution < 1.29 is 4.74 Å². The molecule has 158 valence electrons. The van der Waals surface area contributed by atoms with E-state index >= 15 is 0 Å². The molecule has 0 spiro atoms. The molecule has 0 radical (unpaired) electrons. The standard InChI is InChI=1S/C32H24O/c1-5-13-25(14-6-1)31(26-15-7-2-8-16-26)32(27-17-9-3-10-18-27)28-21-23-30(24-22-28)33-29-19-11-4-12-20-29/h1-24H. The molecule has 0 amide bonds. The molecule has 33 heavy (non-hydrogen) atoms. The molecule has 1 nitrogen and oxygen atoms in total. The summed E-state index contributed by atoms with van der Waals surface area (Å²) in [5, 5.41) is 0. The van der Waals surface area contributed by atoms with Gasteiger partial charge in [0.25, 0.3) is 0 Å². The van der Waals surface area contributed by atoms with Gasteiger partial charge >= 0.3 is 0 Å². The topological polar surface area (TPSA) is 9.23 Å². The predicted octanol–water partition coefficient (Wildman–Crippen LogP) is 8.49. The second-order valence-electron chi connectivity index (χ2n) is 7.79. The second-order valence-corrected chi connectivity index (χ2v) is 7.79. The lowest BCUT2D eigenvalue weighted by Gasteiger charge is -2.18. The minimum atomic E-state index is 0.818. The lowest BCUT2D eigenvalue weighted by Crippen LogP contribution is -1.97. The molecule has 0 saturated heterocycles. The fraction of sp³-hybridized carbons (Fsp3) is 0. The summed E-state index contributed by atoms with van der Waals surface area (Å²) in [6.45, 7) is 0. The van der Waals surface area contributed by atoms with E-state index in [1.165, 1.54) is 27.8 Å². The Morgan fingerprint density at radius 1 is 0.303 bits per heavy atom. The van der Waals surface area contributed by atoms with Crippen LogP contribution in [-0.4, -0.2) is 0 Å². The van der Waals surface area contributed by atoms with Gasteiger partial charge in [-0.05, 0) is 57.7 Å². The molecule has 0 aliphatic carbocycles. The van der Waals surface area contributed by atoms with E-state index in [0.717, 1.165) is 17.1 Å². The molecule has 0 bridgehead atoms. The summed E-state index contributed by atoms with van der Waals surface area (Å²) in [5.74, 6) is 1.65. The van der Waals surface area contributed by atoms with Gasteiger partial charge in [0.1, 0.15) is 11.5 Å². The van der Waals surface area contributed by atoms with Crippen molar-refractivity contribution in [3.63, 3.8) is 0 Å². The van der Waals surface area contributed by atoms with Crippen molar-refractivity contribution in [1.29, 1.82) is 0 Å². The lowest BCUT2D eigenvalue weighted by atomic mass is 9.86. The quantitative estimate of drug-likeness (QED) is 0.248. The van der Waals surface area contributed by atoms with Crippen LogP contribution in [0.1, 0.15) is 22.3 Å². The van der Waals surface area contributed by atoms with Crippen molar-refractivity contribution in [2.24, 2.45) is 0 Å². The van der Waals surface area contributed by atoms with E-state index in [2.05, 4.69) is 103 Å². The number of hydrogen-bond acceptors (Lipinski definition) is 1. The van der Waals surface area contributed by atoms with Crippen molar-refractivity contribution in [2.75, 3.05) is 0 Å². The van der Waals surface area contributed by atoms with Crippen molar-refractivity contribution >= 4 is 11.1 Å². The number of ether oxygens (including phenoxy) is 1. The molecular weight excluding hydrogens is 400 g/mol. The minimum Gasteiger partial charge on any atom is -0.457 e. The first kappa shape index (κ1) is 20.5. The van der Waals surface area contributed by atoms with Crippen LogP contribution in [-0.2, 0) is 0 Å². The van der Waals surface area contributed by atoms with Gasteiger partial charge in [-0.15, -0.1) is 0 Å². The Balaban J connectivity index is 1.68. The maximum Gasteiger partial charge on any atom is 0.127 e. The highest BCUT2D eigenvalue weighted by Gasteiger charge is 2.16. The Morgan fingerprint density at radius 2 is 0.606 bits per heavy atom. The van der Waals surface area contributed by atoms with Gasteiger partial charge in [0, 0.05) is 0 Å². The van der Waals surface area contributed by atoms with Crippen molar-refractivity contribution in [3.8, 4) is 11.5 Å². The number of para-hydroxylation sites is 1. The molecule has 0 aliphatic rings. The monoisotopic (exact) mass is 424 g/mol. The summed E-state index contributed by atoms with van der Waals surface area (Å²) in [6.07, 6.45) is 0. The van der Waals surface area contributed by atoms with Gasteiger partial charge < -0.3 is 4.74 Å². The Bertz CT molecular complexity index is 1280. The highest BCUT2D eigenvalue weighted by atomic mass is 16.5. The summed E-state index contributed by atoms with van der Waals surface area (Å²) < 4.78 is 6.03. The molecule has 0 saturated carbocycles. The summed E-state index contributed by atoms with van der Waals surface area (Å²) in [7, 11) is 0. The predicted molar refractivity (Wildman–Crippen MR) is 137 cm³/mol. The molecule has 0 aromatic heterocycles. The van der Waals surface area contributed by atoms with Crippen LogP contribution in [0.4, 0.5) is 0 Å². The van der Waals surface area contributed by atoms with Gasteiger partial charge in [0.15, 0.2) is 0 Å². The SMILES string of the molecule is c1ccc(Oc2ccc(C(=C(c3ccccc3)c3ccccc3)c3ccccc3)cc2)cc1. The van der Waals surface area contributed by atoms with Gasteiger partial charge in [0.2, 0.25) is 0 Å². The molecule has 0 unspecified atom stereocenters. The van der Waals surface area contributed by atoms with Crippen molar-refractivity contribution in [2.45, 2.75) is 0 Å². The Labute approximate surface area is 195 Å². The molecule has 5 rings (SSSR count). The third-order valence-corrected chi connectivity index (χ3v) is 5.56. The first-order valence-electron chi connectivity index (χ1n) is 11.1. The zero-order valence-corrected chi connectivity index (χ0v) is 18.3. The maximum absolute atomic E-state index is 6.03. The minimum absolute atomic E-state index is 0.818. The van der Waals surface area contributed by atoms with Gasteiger partial charge in [-0.2, -0.15) is 0 Å². The van der Waals surface area contributed by atoms with E-state index in [-0.39, 0.29) is 0 Å². The zero-order chi connectivity index (χ0) is 22.3. The van der Waals surface area contributed by atoms with Gasteiger partial charge in [-0.25, -0.2) is 0 Å². The summed E-state index contributed by atoms with van der Waals surface area (Å²) in [6, 6.07) is 50.1. The van der Waals surface area contributed by atoms with E-state index in [1.54, 1.807) is 0 Å². The largest absolute Gasteiger partial charge is 0.457 e. The van der Waals surface area contributed by atoms with Crippen LogP contribution in [0.2, 0.25) is 0 Å². The van der Waals surface area contributed by atoms with E-state index in [1.807, 2.05) is 42.5 Å². The molecule has 0 fully saturated rings. The van der Waals surface area contributed by atoms with Crippen LogP contribution in [0.15, 0.2) is 146 Å². The Kier molecular flexibility index (Phi) is 6.13. The molecule has 0 aliphatic heterocycles. The van der Waals surface area contributed by atoms with Crippen molar-refractivity contribution in [1.82, 2.24) is 0 Å². The molecule has 1 heteroatoms. The summed E-state index contributed by atoms with van der Waals surface area (Å²) in [4.78, 5) is 0. The van der Waals surface area contributed by atoms with E-state index < -0.39 is 0 Å². The first-order valence-corrected chi connectivity index (χ1v) is 11.1. The normalized spacial score (nSPS) is 10.4. The fourth-order valence-corrected chi connectivity index (χ4v) is 4.04. The molecule has 5 aromatic rings. The van der Waals surface area contributed by atoms with E-state index in [0.29, 0.717) is 0 Å². The Morgan fingerprint density at radius 3 is 1.00 bits per heavy atom. The van der Waals surface area contributed by atoms with Crippen molar-refractivity contribution in [3.05, 3.63) is 168 Å². The fourth-order valence-electron chi connectivity index (χ4n) is 4.04. The maximum atomic E-state index is 6.03. The van der Waals surface area contributed by atoms with Gasteiger partial charge in [-0.1, -0.05) is 121 Å². The van der Waals surface area contributed by atoms with Crippen LogP contribution < -0.4 is 4.74 Å². The van der Waals surface area contributed by atoms with Crippen LogP contribution >= 0.6 is 0 Å². The zero-order valence-electron chi connectivity index (χ0n) is 18.3. The number of rotatable bonds is 6. The highest BCUT2D eigenvalue weighted by Crippen LogP contribution is 2.37. The highest BCUT2D eigenvalue weighted by molar-refractivity contribution is 6.04. The molecule has 0 N–H and O–H groups in total. The van der Waals surface area contributed by atoms with Crippen LogP contribution in [0, 0.1) is 0 Å². The number of benzene rings is 5. The average Bonchev–Trinajstić information content (AvgIpc) is 2.90. The molecule has 0 atom stereocenters. The summed E-state index contributed by atoms with van der Waals surface area (Å²) in [5.41, 5.74) is 7.10. The third-order valence-electron chi connectivity index (χ3n) is 5.56. The van der Waals surface area contributed by atoms with Crippen LogP contribution in [0.3, 0.4) is 0 Å². The average molecular weight is 425 g/mol. The smallest absolute Gasteiger partial charge is 0.127 e. The van der Waals surface area contributed by atoms with E-state index in [4.69, 9.17) is 4.74 Å². The van der Waals surface area contributed by atoms with E-state index in [9.17, 15) is 0 Å². The number of hydrogen-bond donors (Lipinski definition) is 0. The molecular formula is C32H24O. The van der Waals surface area contributed by atoms with Crippen LogP contribution in [0.25, 0.3) is 11.1 Å². The van der Waals surface area contributed by atoms with Gasteiger partial charge in [0.05, 0.1) is 0 Å². The Hall–Kier alpha value is -4.36. The van der Waals surface area contributed by atoms with Crippen LogP contribution in [0.5, 0.6) is 11.5 Å². The third kappa shape index (κ3) is 4.78.